The molecule has 1 rings (SSSR count). The molecule has 0 unspecified atom stereocenters. The summed E-state index contributed by atoms with van der Waals surface area (Å²) in [5, 5.41) is 11.1. The summed E-state index contributed by atoms with van der Waals surface area (Å²) in [6.45, 7) is 3.47. The molecule has 19 heavy (non-hydrogen) atoms. The van der Waals surface area contributed by atoms with Crippen molar-refractivity contribution < 1.29 is 19.1 Å². The van der Waals surface area contributed by atoms with E-state index in [9.17, 15) is 14.0 Å². The van der Waals surface area contributed by atoms with E-state index in [2.05, 4.69) is 11.9 Å². The predicted molar refractivity (Wildman–Crippen MR) is 69.6 cm³/mol. The van der Waals surface area contributed by atoms with Crippen molar-refractivity contribution in [3.8, 4) is 0 Å². The maximum atomic E-state index is 13.4. The van der Waals surface area contributed by atoms with Crippen LogP contribution >= 0.6 is 0 Å². The number of nitrogens with zero attached hydrogens (tertiary/aromatic N) is 1. The Morgan fingerprint density at radius 3 is 2.63 bits per heavy atom. The number of aliphatic carboxylic acids is 1. The van der Waals surface area contributed by atoms with Crippen LogP contribution in [0.25, 0.3) is 0 Å². The Bertz CT molecular complexity index is 502. The maximum absolute atomic E-state index is 13.4. The molecule has 0 bridgehead atoms. The molecule has 6 heteroatoms. The number of urea groups is 1. The summed E-state index contributed by atoms with van der Waals surface area (Å²) in [7, 11) is 1.43. The lowest BCUT2D eigenvalue weighted by Gasteiger charge is -2.18. The molecule has 0 aliphatic heterocycles. The van der Waals surface area contributed by atoms with Crippen LogP contribution in [0.5, 0.6) is 0 Å². The molecule has 0 atom stereocenters. The highest BCUT2D eigenvalue weighted by Crippen LogP contribution is 2.16. The number of anilines is 1. The first-order valence-electron chi connectivity index (χ1n) is 5.60. The molecule has 0 heterocycles. The van der Waals surface area contributed by atoms with Gasteiger partial charge >= 0.3 is 12.0 Å². The van der Waals surface area contributed by atoms with E-state index in [1.165, 1.54) is 25.2 Å². The van der Waals surface area contributed by atoms with Crippen molar-refractivity contribution in [2.75, 3.05) is 18.5 Å². The molecule has 2 N–H and O–H groups in total. The molecule has 0 fully saturated rings. The molecule has 2 amide bonds. The third kappa shape index (κ3) is 4.09. The van der Waals surface area contributed by atoms with Crippen LogP contribution in [0, 0.1) is 5.82 Å². The van der Waals surface area contributed by atoms with Crippen LogP contribution in [0.3, 0.4) is 0 Å². The largest absolute Gasteiger partial charge is 0.478 e. The Labute approximate surface area is 110 Å². The fraction of sp³-hybridized carbons (Fsp3) is 0.231. The van der Waals surface area contributed by atoms with Crippen molar-refractivity contribution >= 4 is 17.7 Å². The van der Waals surface area contributed by atoms with E-state index in [1.807, 2.05) is 0 Å². The Kier molecular flexibility index (Phi) is 5.05. The molecular weight excluding hydrogens is 251 g/mol. The number of carboxylic acids is 1. The SMILES string of the molecule is C=C(CCNC(=O)N(C)c1ccccc1F)C(=O)O. The Hall–Kier alpha value is -2.37. The molecule has 0 spiro atoms. The number of para-hydroxylation sites is 1. The highest BCUT2D eigenvalue weighted by molar-refractivity contribution is 5.91. The van der Waals surface area contributed by atoms with Crippen LogP contribution < -0.4 is 10.2 Å². The topological polar surface area (TPSA) is 69.6 Å². The van der Waals surface area contributed by atoms with Crippen LogP contribution in [0.1, 0.15) is 6.42 Å². The number of carbonyl (C=O) groups is 2. The van der Waals surface area contributed by atoms with Gasteiger partial charge in [-0.15, -0.1) is 0 Å². The van der Waals surface area contributed by atoms with Gasteiger partial charge in [0.1, 0.15) is 5.82 Å². The Morgan fingerprint density at radius 1 is 1.42 bits per heavy atom. The highest BCUT2D eigenvalue weighted by Gasteiger charge is 2.14. The van der Waals surface area contributed by atoms with Gasteiger partial charge in [-0.1, -0.05) is 18.7 Å². The predicted octanol–water partition coefficient (Wildman–Crippen LogP) is 2.00. The van der Waals surface area contributed by atoms with E-state index in [0.29, 0.717) is 0 Å². The van der Waals surface area contributed by atoms with Crippen LogP contribution in [0.4, 0.5) is 14.9 Å². The van der Waals surface area contributed by atoms with E-state index in [4.69, 9.17) is 5.11 Å². The van der Waals surface area contributed by atoms with Crippen molar-refractivity contribution in [3.05, 3.63) is 42.2 Å². The first kappa shape index (κ1) is 14.7. The third-order valence-electron chi connectivity index (χ3n) is 2.52. The number of carbonyl (C=O) groups excluding carboxylic acids is 1. The second-order valence-corrected chi connectivity index (χ2v) is 3.90. The zero-order valence-corrected chi connectivity index (χ0v) is 10.5. The van der Waals surface area contributed by atoms with Crippen molar-refractivity contribution in [1.82, 2.24) is 5.32 Å². The first-order valence-corrected chi connectivity index (χ1v) is 5.60. The summed E-state index contributed by atoms with van der Waals surface area (Å²) in [6, 6.07) is 5.37. The van der Waals surface area contributed by atoms with Gasteiger partial charge in [-0.2, -0.15) is 0 Å². The quantitative estimate of drug-likeness (QED) is 0.801. The van der Waals surface area contributed by atoms with Crippen LogP contribution in [0.2, 0.25) is 0 Å². The lowest BCUT2D eigenvalue weighted by atomic mass is 10.2. The summed E-state index contributed by atoms with van der Waals surface area (Å²) >= 11 is 0. The second-order valence-electron chi connectivity index (χ2n) is 3.90. The molecule has 1 aromatic rings. The smallest absolute Gasteiger partial charge is 0.331 e. The number of nitrogens with one attached hydrogen (secondary N) is 1. The standard InChI is InChI=1S/C13H15FN2O3/c1-9(12(17)18)7-8-15-13(19)16(2)11-6-4-3-5-10(11)14/h3-6H,1,7-8H2,2H3,(H,15,19)(H,17,18). The van der Waals surface area contributed by atoms with Crippen molar-refractivity contribution in [2.45, 2.75) is 6.42 Å². The molecule has 0 aliphatic rings. The van der Waals surface area contributed by atoms with E-state index < -0.39 is 17.8 Å². The fourth-order valence-corrected chi connectivity index (χ4v) is 1.38. The summed E-state index contributed by atoms with van der Waals surface area (Å²) in [4.78, 5) is 23.3. The number of hydrogen-bond acceptors (Lipinski definition) is 2. The van der Waals surface area contributed by atoms with Gasteiger partial charge in [-0.05, 0) is 18.6 Å². The summed E-state index contributed by atoms with van der Waals surface area (Å²) in [6.07, 6.45) is 0.131. The zero-order chi connectivity index (χ0) is 14.4. The minimum atomic E-state index is -1.10. The normalized spacial score (nSPS) is 9.79. The van der Waals surface area contributed by atoms with Crippen LogP contribution in [-0.2, 0) is 4.79 Å². The minimum absolute atomic E-state index is 0.00819. The van der Waals surface area contributed by atoms with Crippen LogP contribution in [-0.4, -0.2) is 30.7 Å². The van der Waals surface area contributed by atoms with E-state index >= 15 is 0 Å². The number of carboxylic acid groups (broad SMARTS) is 1. The monoisotopic (exact) mass is 266 g/mol. The van der Waals surface area contributed by atoms with Gasteiger partial charge < -0.3 is 10.4 Å². The average Bonchev–Trinajstić information content (AvgIpc) is 2.38. The van der Waals surface area contributed by atoms with Crippen molar-refractivity contribution in [2.24, 2.45) is 0 Å². The average molecular weight is 266 g/mol. The fourth-order valence-electron chi connectivity index (χ4n) is 1.38. The third-order valence-corrected chi connectivity index (χ3v) is 2.52. The molecular formula is C13H15FN2O3. The van der Waals surface area contributed by atoms with E-state index in [0.717, 1.165) is 4.90 Å². The van der Waals surface area contributed by atoms with Crippen molar-refractivity contribution in [1.29, 1.82) is 0 Å². The number of amides is 2. The summed E-state index contributed by atoms with van der Waals surface area (Å²) in [5.74, 6) is -1.60. The van der Waals surface area contributed by atoms with Gasteiger partial charge in [0.25, 0.3) is 0 Å². The molecule has 102 valence electrons. The van der Waals surface area contributed by atoms with E-state index in [1.54, 1.807) is 6.07 Å². The minimum Gasteiger partial charge on any atom is -0.478 e. The molecule has 1 aromatic carbocycles. The number of rotatable bonds is 5. The lowest BCUT2D eigenvalue weighted by Crippen LogP contribution is -2.38. The van der Waals surface area contributed by atoms with Crippen molar-refractivity contribution in [3.63, 3.8) is 0 Å². The molecule has 0 saturated carbocycles. The summed E-state index contributed by atoms with van der Waals surface area (Å²) < 4.78 is 13.4. The first-order chi connectivity index (χ1) is 8.93. The van der Waals surface area contributed by atoms with Gasteiger partial charge in [0.15, 0.2) is 0 Å². The van der Waals surface area contributed by atoms with E-state index in [-0.39, 0.29) is 24.2 Å². The Morgan fingerprint density at radius 2 is 2.05 bits per heavy atom. The lowest BCUT2D eigenvalue weighted by molar-refractivity contribution is -0.132. The highest BCUT2D eigenvalue weighted by atomic mass is 19.1. The number of hydrogen-bond donors (Lipinski definition) is 2. The maximum Gasteiger partial charge on any atom is 0.331 e. The van der Waals surface area contributed by atoms with Crippen LogP contribution in [0.15, 0.2) is 36.4 Å². The number of halogens is 1. The molecule has 0 saturated heterocycles. The zero-order valence-electron chi connectivity index (χ0n) is 10.5. The molecule has 0 aromatic heterocycles. The molecule has 5 nitrogen and oxygen atoms in total. The molecule has 0 radical (unpaired) electrons. The van der Waals surface area contributed by atoms with Gasteiger partial charge in [-0.3, -0.25) is 4.90 Å². The Balaban J connectivity index is 2.53. The van der Waals surface area contributed by atoms with Gasteiger partial charge in [0.05, 0.1) is 5.69 Å². The molecule has 0 aliphatic carbocycles. The summed E-state index contributed by atoms with van der Waals surface area (Å²) in [5.41, 5.74) is 0.158. The number of benzene rings is 1. The second kappa shape index (κ2) is 6.53. The van der Waals surface area contributed by atoms with Gasteiger partial charge in [0.2, 0.25) is 0 Å². The van der Waals surface area contributed by atoms with Gasteiger partial charge in [-0.25, -0.2) is 14.0 Å². The van der Waals surface area contributed by atoms with Gasteiger partial charge in [0, 0.05) is 19.2 Å².